The molecule has 1 fully saturated rings. The van der Waals surface area contributed by atoms with E-state index in [2.05, 4.69) is 17.1 Å². The van der Waals surface area contributed by atoms with Crippen molar-refractivity contribution in [2.24, 2.45) is 5.92 Å². The molecular formula is C15H15NOS. The van der Waals surface area contributed by atoms with Crippen molar-refractivity contribution in [3.63, 3.8) is 0 Å². The van der Waals surface area contributed by atoms with Gasteiger partial charge in [0.15, 0.2) is 5.78 Å². The molecular weight excluding hydrogens is 242 g/mol. The van der Waals surface area contributed by atoms with Gasteiger partial charge < -0.3 is 0 Å². The number of carbonyl (C=O) groups excluding carboxylic acids is 1. The molecule has 0 amide bonds. The zero-order valence-corrected chi connectivity index (χ0v) is 11.3. The highest BCUT2D eigenvalue weighted by molar-refractivity contribution is 7.13. The molecule has 0 N–H and O–H groups in total. The molecule has 1 saturated carbocycles. The fourth-order valence-electron chi connectivity index (χ4n) is 2.48. The van der Waals surface area contributed by atoms with Crippen molar-refractivity contribution in [1.29, 1.82) is 0 Å². The molecule has 1 aliphatic carbocycles. The Morgan fingerprint density at radius 3 is 2.61 bits per heavy atom. The molecule has 0 saturated heterocycles. The molecule has 1 aromatic carbocycles. The minimum Gasteiger partial charge on any atom is -0.293 e. The fraction of sp³-hybridized carbons (Fsp3) is 0.333. The number of Topliss-reactive ketones (excluding diaryl/α,β-unsaturated/α-hetero) is 1. The van der Waals surface area contributed by atoms with Crippen LogP contribution in [0.3, 0.4) is 0 Å². The van der Waals surface area contributed by atoms with Crippen LogP contribution in [0.2, 0.25) is 0 Å². The number of thiazole rings is 1. The standard InChI is InChI=1S/C15H15NOS/c1-9-15(18-10(2)16-9)14(17)13-8-12(13)11-6-4-3-5-7-11/h3-7,12-13H,8H2,1-2H3. The predicted molar refractivity (Wildman–Crippen MR) is 73.2 cm³/mol. The third-order valence-corrected chi connectivity index (χ3v) is 4.57. The Morgan fingerprint density at radius 1 is 1.28 bits per heavy atom. The lowest BCUT2D eigenvalue weighted by Crippen LogP contribution is -2.02. The Balaban J connectivity index is 1.79. The van der Waals surface area contributed by atoms with Gasteiger partial charge in [0.25, 0.3) is 0 Å². The lowest BCUT2D eigenvalue weighted by molar-refractivity contribution is 0.0968. The van der Waals surface area contributed by atoms with Gasteiger partial charge in [-0.25, -0.2) is 4.98 Å². The van der Waals surface area contributed by atoms with Crippen LogP contribution < -0.4 is 0 Å². The van der Waals surface area contributed by atoms with Crippen LogP contribution in [0.4, 0.5) is 0 Å². The van der Waals surface area contributed by atoms with Crippen LogP contribution >= 0.6 is 11.3 Å². The third-order valence-electron chi connectivity index (χ3n) is 3.48. The van der Waals surface area contributed by atoms with E-state index in [-0.39, 0.29) is 11.7 Å². The van der Waals surface area contributed by atoms with E-state index in [1.54, 1.807) is 0 Å². The van der Waals surface area contributed by atoms with Gasteiger partial charge in [-0.15, -0.1) is 11.3 Å². The maximum atomic E-state index is 12.4. The average Bonchev–Trinajstić information content (AvgIpc) is 3.10. The molecule has 3 rings (SSSR count). The maximum absolute atomic E-state index is 12.4. The molecule has 92 valence electrons. The van der Waals surface area contributed by atoms with E-state index in [0.29, 0.717) is 5.92 Å². The number of aryl methyl sites for hydroxylation is 2. The van der Waals surface area contributed by atoms with Crippen molar-refractivity contribution in [2.75, 3.05) is 0 Å². The van der Waals surface area contributed by atoms with Gasteiger partial charge in [-0.1, -0.05) is 30.3 Å². The molecule has 3 heteroatoms. The Kier molecular flexibility index (Phi) is 2.78. The minimum atomic E-state index is 0.172. The smallest absolute Gasteiger partial charge is 0.178 e. The molecule has 1 aliphatic rings. The number of aromatic nitrogens is 1. The first-order valence-corrected chi connectivity index (χ1v) is 7.01. The number of benzene rings is 1. The van der Waals surface area contributed by atoms with Crippen molar-refractivity contribution >= 4 is 17.1 Å². The zero-order chi connectivity index (χ0) is 12.7. The van der Waals surface area contributed by atoms with Gasteiger partial charge in [-0.3, -0.25) is 4.79 Å². The van der Waals surface area contributed by atoms with Gasteiger partial charge in [0.2, 0.25) is 0 Å². The number of ketones is 1. The zero-order valence-electron chi connectivity index (χ0n) is 10.5. The molecule has 1 heterocycles. The van der Waals surface area contributed by atoms with Crippen LogP contribution in [0.1, 0.15) is 38.3 Å². The van der Waals surface area contributed by atoms with Crippen LogP contribution in [-0.4, -0.2) is 10.8 Å². The lowest BCUT2D eigenvalue weighted by Gasteiger charge is -1.99. The highest BCUT2D eigenvalue weighted by Crippen LogP contribution is 2.49. The summed E-state index contributed by atoms with van der Waals surface area (Å²) in [5.74, 6) is 0.874. The van der Waals surface area contributed by atoms with Crippen molar-refractivity contribution in [2.45, 2.75) is 26.2 Å². The summed E-state index contributed by atoms with van der Waals surface area (Å²) >= 11 is 1.53. The first kappa shape index (κ1) is 11.6. The summed E-state index contributed by atoms with van der Waals surface area (Å²) in [6, 6.07) is 10.3. The lowest BCUT2D eigenvalue weighted by atomic mass is 10.1. The molecule has 2 aromatic rings. The van der Waals surface area contributed by atoms with E-state index < -0.39 is 0 Å². The van der Waals surface area contributed by atoms with Gasteiger partial charge in [-0.2, -0.15) is 0 Å². The van der Waals surface area contributed by atoms with E-state index in [4.69, 9.17) is 0 Å². The van der Waals surface area contributed by atoms with Crippen LogP contribution in [-0.2, 0) is 0 Å². The van der Waals surface area contributed by atoms with Gasteiger partial charge in [-0.05, 0) is 31.7 Å². The van der Waals surface area contributed by atoms with E-state index in [1.807, 2.05) is 32.0 Å². The van der Waals surface area contributed by atoms with Crippen molar-refractivity contribution in [3.05, 3.63) is 51.5 Å². The van der Waals surface area contributed by atoms with E-state index in [0.717, 1.165) is 22.0 Å². The summed E-state index contributed by atoms with van der Waals surface area (Å²) in [4.78, 5) is 17.6. The Morgan fingerprint density at radius 2 is 2.00 bits per heavy atom. The minimum absolute atomic E-state index is 0.172. The first-order chi connectivity index (χ1) is 8.66. The van der Waals surface area contributed by atoms with E-state index in [9.17, 15) is 4.79 Å². The SMILES string of the molecule is Cc1nc(C)c(C(=O)C2CC2c2ccccc2)s1. The molecule has 2 unspecified atom stereocenters. The van der Waals surface area contributed by atoms with E-state index in [1.165, 1.54) is 16.9 Å². The van der Waals surface area contributed by atoms with Crippen LogP contribution in [0, 0.1) is 19.8 Å². The highest BCUT2D eigenvalue weighted by atomic mass is 32.1. The number of rotatable bonds is 3. The largest absolute Gasteiger partial charge is 0.293 e. The second kappa shape index (κ2) is 4.32. The second-order valence-corrected chi connectivity index (χ2v) is 6.07. The van der Waals surface area contributed by atoms with Crippen molar-refractivity contribution < 1.29 is 4.79 Å². The summed E-state index contributed by atoms with van der Waals surface area (Å²) < 4.78 is 0. The highest BCUT2D eigenvalue weighted by Gasteiger charge is 2.44. The number of carbonyl (C=O) groups is 1. The molecule has 2 atom stereocenters. The Labute approximate surface area is 111 Å². The number of hydrogen-bond donors (Lipinski definition) is 0. The van der Waals surface area contributed by atoms with Gasteiger partial charge in [0, 0.05) is 5.92 Å². The average molecular weight is 257 g/mol. The molecule has 18 heavy (non-hydrogen) atoms. The molecule has 0 radical (unpaired) electrons. The number of nitrogens with zero attached hydrogens (tertiary/aromatic N) is 1. The van der Waals surface area contributed by atoms with Gasteiger partial charge in [0.1, 0.15) is 0 Å². The second-order valence-electron chi connectivity index (χ2n) is 4.87. The molecule has 1 aromatic heterocycles. The summed E-state index contributed by atoms with van der Waals surface area (Å²) in [5.41, 5.74) is 2.18. The fourth-order valence-corrected chi connectivity index (χ4v) is 3.40. The van der Waals surface area contributed by atoms with Crippen molar-refractivity contribution in [1.82, 2.24) is 4.98 Å². The van der Waals surface area contributed by atoms with Crippen LogP contribution in [0.15, 0.2) is 30.3 Å². The van der Waals surface area contributed by atoms with Gasteiger partial charge in [0.05, 0.1) is 15.6 Å². The molecule has 0 aliphatic heterocycles. The van der Waals surface area contributed by atoms with E-state index >= 15 is 0 Å². The normalized spacial score (nSPS) is 21.9. The Bertz CT molecular complexity index is 588. The topological polar surface area (TPSA) is 30.0 Å². The van der Waals surface area contributed by atoms with Gasteiger partial charge >= 0.3 is 0 Å². The summed E-state index contributed by atoms with van der Waals surface area (Å²) in [6.07, 6.45) is 0.985. The molecule has 0 bridgehead atoms. The Hall–Kier alpha value is -1.48. The molecule has 0 spiro atoms. The predicted octanol–water partition coefficient (Wildman–Crippen LogP) is 3.75. The van der Waals surface area contributed by atoms with Crippen molar-refractivity contribution in [3.8, 4) is 0 Å². The summed E-state index contributed by atoms with van der Waals surface area (Å²) in [5, 5.41) is 0.979. The summed E-state index contributed by atoms with van der Waals surface area (Å²) in [7, 11) is 0. The maximum Gasteiger partial charge on any atom is 0.178 e. The first-order valence-electron chi connectivity index (χ1n) is 6.20. The molecule has 2 nitrogen and oxygen atoms in total. The summed E-state index contributed by atoms with van der Waals surface area (Å²) in [6.45, 7) is 3.88. The van der Waals surface area contributed by atoms with Crippen LogP contribution in [0.5, 0.6) is 0 Å². The van der Waals surface area contributed by atoms with Crippen LogP contribution in [0.25, 0.3) is 0 Å². The third kappa shape index (κ3) is 1.99. The quantitative estimate of drug-likeness (QED) is 0.784. The number of hydrogen-bond acceptors (Lipinski definition) is 3. The monoisotopic (exact) mass is 257 g/mol.